The Morgan fingerprint density at radius 1 is 0.955 bits per heavy atom. The molecular formula is C37H58O7. The standard InChI is InChI=1S/C14H20O4.C13H24O2.C10H14O/c1-4-14(2,3)13(16)18-10-7-5-8-9(6-7)12(15)17-11(8)10;1-5-12(3,4)11(14)15-13(6-2)9-7-8-10-13;1-3-8(2)9-4-6-10(11)7-5-9/h7-11H,4-6H2,1-3H3;5-10H2,1-4H3;4-8,11H,3H2,1-2H3. The highest BCUT2D eigenvalue weighted by atomic mass is 16.6. The molecule has 1 saturated heterocycles. The first kappa shape index (κ1) is 35.9. The van der Waals surface area contributed by atoms with Crippen LogP contribution in [0.3, 0.4) is 0 Å². The van der Waals surface area contributed by atoms with Crippen LogP contribution in [-0.4, -0.2) is 40.8 Å². The summed E-state index contributed by atoms with van der Waals surface area (Å²) >= 11 is 0. The Labute approximate surface area is 265 Å². The summed E-state index contributed by atoms with van der Waals surface area (Å²) in [5, 5.41) is 9.01. The molecule has 1 heterocycles. The quantitative estimate of drug-likeness (QED) is 0.220. The summed E-state index contributed by atoms with van der Waals surface area (Å²) in [6.45, 7) is 18.2. The van der Waals surface area contributed by atoms with Crippen molar-refractivity contribution in [3.05, 3.63) is 29.8 Å². The van der Waals surface area contributed by atoms with Gasteiger partial charge in [-0.1, -0.05) is 46.8 Å². The Balaban J connectivity index is 0.000000186. The molecule has 0 spiro atoms. The predicted molar refractivity (Wildman–Crippen MR) is 172 cm³/mol. The van der Waals surface area contributed by atoms with E-state index in [4.69, 9.17) is 19.3 Å². The zero-order valence-corrected chi connectivity index (χ0v) is 28.7. The van der Waals surface area contributed by atoms with Crippen molar-refractivity contribution in [2.45, 2.75) is 150 Å². The van der Waals surface area contributed by atoms with Crippen molar-refractivity contribution < 1.29 is 33.7 Å². The van der Waals surface area contributed by atoms with Crippen LogP contribution in [0.25, 0.3) is 0 Å². The molecule has 44 heavy (non-hydrogen) atoms. The summed E-state index contributed by atoms with van der Waals surface area (Å²) in [6.07, 6.45) is 9.64. The third kappa shape index (κ3) is 8.17. The highest BCUT2D eigenvalue weighted by Gasteiger charge is 2.63. The number of phenolic OH excluding ortho intramolecular Hbond substituents is 1. The number of esters is 3. The van der Waals surface area contributed by atoms with E-state index >= 15 is 0 Å². The Morgan fingerprint density at radius 3 is 2.05 bits per heavy atom. The van der Waals surface area contributed by atoms with E-state index in [0.29, 0.717) is 23.5 Å². The predicted octanol–water partition coefficient (Wildman–Crippen LogP) is 8.51. The lowest BCUT2D eigenvalue weighted by atomic mass is 9.87. The summed E-state index contributed by atoms with van der Waals surface area (Å²) in [5.74, 6) is 1.37. The average molecular weight is 615 g/mol. The van der Waals surface area contributed by atoms with Crippen molar-refractivity contribution in [3.8, 4) is 5.75 Å². The number of hydrogen-bond donors (Lipinski definition) is 1. The summed E-state index contributed by atoms with van der Waals surface area (Å²) in [7, 11) is 0. The maximum atomic E-state index is 12.1. The number of fused-ring (bicyclic) bond motifs is 1. The van der Waals surface area contributed by atoms with Gasteiger partial charge in [-0.2, -0.15) is 0 Å². The van der Waals surface area contributed by atoms with E-state index in [-0.39, 0.29) is 47.0 Å². The van der Waals surface area contributed by atoms with E-state index < -0.39 is 5.41 Å². The van der Waals surface area contributed by atoms with Gasteiger partial charge in [0.05, 0.1) is 16.7 Å². The molecule has 3 aliphatic carbocycles. The maximum absolute atomic E-state index is 12.1. The van der Waals surface area contributed by atoms with Gasteiger partial charge < -0.3 is 19.3 Å². The molecule has 0 radical (unpaired) electrons. The molecule has 7 nitrogen and oxygen atoms in total. The van der Waals surface area contributed by atoms with Crippen molar-refractivity contribution in [2.75, 3.05) is 0 Å². The van der Waals surface area contributed by atoms with Crippen molar-refractivity contribution >= 4 is 17.9 Å². The van der Waals surface area contributed by atoms with Crippen LogP contribution in [0.4, 0.5) is 0 Å². The van der Waals surface area contributed by atoms with E-state index in [2.05, 4.69) is 20.8 Å². The molecule has 6 unspecified atom stereocenters. The highest BCUT2D eigenvalue weighted by Crippen LogP contribution is 2.55. The summed E-state index contributed by atoms with van der Waals surface area (Å²) in [6, 6.07) is 7.43. The number of ether oxygens (including phenoxy) is 3. The number of hydrogen-bond acceptors (Lipinski definition) is 7. The van der Waals surface area contributed by atoms with E-state index in [0.717, 1.165) is 51.4 Å². The Kier molecular flexibility index (Phi) is 12.0. The lowest BCUT2D eigenvalue weighted by Gasteiger charge is -2.32. The van der Waals surface area contributed by atoms with Crippen molar-refractivity contribution in [1.29, 1.82) is 0 Å². The van der Waals surface area contributed by atoms with Crippen molar-refractivity contribution in [2.24, 2.45) is 28.6 Å². The first-order valence-electron chi connectivity index (χ1n) is 17.1. The third-order valence-corrected chi connectivity index (χ3v) is 11.1. The second-order valence-electron chi connectivity index (χ2n) is 14.8. The van der Waals surface area contributed by atoms with Gasteiger partial charge in [0.1, 0.15) is 23.6 Å². The fourth-order valence-electron chi connectivity index (χ4n) is 6.56. The van der Waals surface area contributed by atoms with Gasteiger partial charge in [0.25, 0.3) is 0 Å². The van der Waals surface area contributed by atoms with Gasteiger partial charge >= 0.3 is 17.9 Å². The molecule has 4 aliphatic rings. The summed E-state index contributed by atoms with van der Waals surface area (Å²) < 4.78 is 16.8. The Bertz CT molecular complexity index is 1120. The van der Waals surface area contributed by atoms with Crippen molar-refractivity contribution in [3.63, 3.8) is 0 Å². The normalized spacial score (nSPS) is 26.9. The van der Waals surface area contributed by atoms with Crippen LogP contribution < -0.4 is 0 Å². The smallest absolute Gasteiger partial charge is 0.312 e. The van der Waals surface area contributed by atoms with Crippen LogP contribution in [0.1, 0.15) is 138 Å². The number of benzene rings is 1. The van der Waals surface area contributed by atoms with Crippen LogP contribution in [0, 0.1) is 28.6 Å². The zero-order chi connectivity index (χ0) is 32.9. The first-order valence-corrected chi connectivity index (χ1v) is 17.1. The molecule has 1 aromatic rings. The van der Waals surface area contributed by atoms with Crippen LogP contribution in [0.5, 0.6) is 5.75 Å². The molecular weight excluding hydrogens is 556 g/mol. The lowest BCUT2D eigenvalue weighted by Crippen LogP contribution is -2.39. The molecule has 3 saturated carbocycles. The zero-order valence-electron chi connectivity index (χ0n) is 28.7. The topological polar surface area (TPSA) is 99.1 Å². The molecule has 0 amide bonds. The van der Waals surface area contributed by atoms with Crippen LogP contribution in [0.2, 0.25) is 0 Å². The fraction of sp³-hybridized carbons (Fsp3) is 0.757. The molecule has 6 atom stereocenters. The van der Waals surface area contributed by atoms with Gasteiger partial charge in [-0.15, -0.1) is 0 Å². The minimum Gasteiger partial charge on any atom is -0.508 e. The average Bonchev–Trinajstić information content (AvgIpc) is 3.77. The second-order valence-corrected chi connectivity index (χ2v) is 14.8. The monoisotopic (exact) mass is 614 g/mol. The van der Waals surface area contributed by atoms with Gasteiger partial charge in [0.15, 0.2) is 0 Å². The van der Waals surface area contributed by atoms with E-state index in [1.165, 1.54) is 18.4 Å². The summed E-state index contributed by atoms with van der Waals surface area (Å²) in [5.41, 5.74) is 0.378. The fourth-order valence-corrected chi connectivity index (χ4v) is 6.56. The molecule has 1 N–H and O–H groups in total. The summed E-state index contributed by atoms with van der Waals surface area (Å²) in [4.78, 5) is 35.7. The SMILES string of the molecule is CCC(C)(C)C(=O)OC1C2CC3C(=O)OC1C3C2.CCC(C)c1ccc(O)cc1.CCC1(OC(=O)C(C)(C)CC)CCCC1. The Hall–Kier alpha value is -2.57. The van der Waals surface area contributed by atoms with E-state index in [1.54, 1.807) is 12.1 Å². The number of aromatic hydroxyl groups is 1. The molecule has 7 heteroatoms. The number of phenols is 1. The largest absolute Gasteiger partial charge is 0.508 e. The number of carbonyl (C=O) groups excluding carboxylic acids is 3. The maximum Gasteiger partial charge on any atom is 0.312 e. The first-order chi connectivity index (χ1) is 20.6. The number of rotatable bonds is 9. The van der Waals surface area contributed by atoms with E-state index in [1.807, 2.05) is 53.7 Å². The van der Waals surface area contributed by atoms with Crippen LogP contribution >= 0.6 is 0 Å². The van der Waals surface area contributed by atoms with Crippen LogP contribution in [-0.2, 0) is 28.6 Å². The third-order valence-electron chi connectivity index (χ3n) is 11.1. The van der Waals surface area contributed by atoms with Gasteiger partial charge in [0, 0.05) is 11.8 Å². The lowest BCUT2D eigenvalue weighted by molar-refractivity contribution is -0.171. The van der Waals surface area contributed by atoms with Gasteiger partial charge in [0.2, 0.25) is 0 Å². The molecule has 1 aromatic carbocycles. The van der Waals surface area contributed by atoms with Crippen molar-refractivity contribution in [1.82, 2.24) is 0 Å². The molecule has 1 aliphatic heterocycles. The Morgan fingerprint density at radius 2 is 1.52 bits per heavy atom. The van der Waals surface area contributed by atoms with Gasteiger partial charge in [-0.05, 0) is 116 Å². The molecule has 4 fully saturated rings. The number of carbonyl (C=O) groups is 3. The van der Waals surface area contributed by atoms with Gasteiger partial charge in [-0.3, -0.25) is 14.4 Å². The molecule has 5 rings (SSSR count). The second kappa shape index (κ2) is 14.7. The minimum atomic E-state index is -0.455. The van der Waals surface area contributed by atoms with Gasteiger partial charge in [-0.25, -0.2) is 0 Å². The minimum absolute atomic E-state index is 0.0197. The highest BCUT2D eigenvalue weighted by molar-refractivity contribution is 5.78. The molecule has 0 aromatic heterocycles. The van der Waals surface area contributed by atoms with Crippen LogP contribution in [0.15, 0.2) is 24.3 Å². The van der Waals surface area contributed by atoms with E-state index in [9.17, 15) is 14.4 Å². The molecule has 2 bridgehead atoms. The molecule has 248 valence electrons.